The first-order valence-corrected chi connectivity index (χ1v) is 8.94. The van der Waals surface area contributed by atoms with E-state index in [4.69, 9.17) is 26.8 Å². The van der Waals surface area contributed by atoms with Crippen LogP contribution in [0.25, 0.3) is 0 Å². The van der Waals surface area contributed by atoms with Crippen molar-refractivity contribution in [2.24, 2.45) is 11.1 Å². The fourth-order valence-corrected chi connectivity index (χ4v) is 3.91. The third kappa shape index (κ3) is 4.41. The monoisotopic (exact) mass is 352 g/mol. The molecule has 0 saturated carbocycles. The van der Waals surface area contributed by atoms with E-state index < -0.39 is 5.91 Å². The molecule has 132 valence electrons. The lowest BCUT2D eigenvalue weighted by Crippen LogP contribution is -2.42. The van der Waals surface area contributed by atoms with Gasteiger partial charge in [-0.05, 0) is 61.9 Å². The van der Waals surface area contributed by atoms with Gasteiger partial charge >= 0.3 is 0 Å². The molecule has 1 aromatic rings. The normalized spacial score (nSPS) is 20.9. The van der Waals surface area contributed by atoms with Crippen LogP contribution < -0.4 is 10.5 Å². The van der Waals surface area contributed by atoms with Gasteiger partial charge in [0.2, 0.25) is 0 Å². The minimum Gasteiger partial charge on any atom is -0.482 e. The Morgan fingerprint density at radius 3 is 2.58 bits per heavy atom. The van der Waals surface area contributed by atoms with Gasteiger partial charge in [0.05, 0.1) is 5.02 Å². The van der Waals surface area contributed by atoms with Crippen molar-refractivity contribution in [2.45, 2.75) is 32.2 Å². The van der Waals surface area contributed by atoms with Crippen molar-refractivity contribution in [3.05, 3.63) is 28.8 Å². The molecule has 2 fully saturated rings. The quantitative estimate of drug-likeness (QED) is 0.884. The van der Waals surface area contributed by atoms with Crippen LogP contribution in [0.15, 0.2) is 18.2 Å². The molecule has 1 spiro atoms. The van der Waals surface area contributed by atoms with E-state index in [-0.39, 0.29) is 6.61 Å². The first kappa shape index (κ1) is 17.5. The summed E-state index contributed by atoms with van der Waals surface area (Å²) in [6, 6.07) is 5.72. The highest BCUT2D eigenvalue weighted by molar-refractivity contribution is 6.32. The average molecular weight is 353 g/mol. The number of hydrogen-bond acceptors (Lipinski definition) is 4. The van der Waals surface area contributed by atoms with Crippen molar-refractivity contribution in [3.8, 4) is 5.75 Å². The minimum atomic E-state index is -0.509. The number of halogens is 1. The first-order valence-electron chi connectivity index (χ1n) is 8.56. The molecule has 1 amide bonds. The molecule has 2 aliphatic rings. The molecule has 0 aliphatic carbocycles. The van der Waals surface area contributed by atoms with Gasteiger partial charge in [0.1, 0.15) is 5.75 Å². The van der Waals surface area contributed by atoms with Crippen molar-refractivity contribution in [1.82, 2.24) is 4.90 Å². The van der Waals surface area contributed by atoms with Gasteiger partial charge < -0.3 is 15.2 Å². The van der Waals surface area contributed by atoms with Crippen molar-refractivity contribution in [1.29, 1.82) is 0 Å². The summed E-state index contributed by atoms with van der Waals surface area (Å²) in [4.78, 5) is 13.3. The predicted octanol–water partition coefficient (Wildman–Crippen LogP) is 2.60. The maximum Gasteiger partial charge on any atom is 0.255 e. The van der Waals surface area contributed by atoms with Gasteiger partial charge in [0.15, 0.2) is 6.61 Å². The Balaban J connectivity index is 1.53. The fourth-order valence-electron chi connectivity index (χ4n) is 3.66. The summed E-state index contributed by atoms with van der Waals surface area (Å²) >= 11 is 6.24. The van der Waals surface area contributed by atoms with E-state index in [9.17, 15) is 4.79 Å². The Bertz CT molecular complexity index is 578. The summed E-state index contributed by atoms with van der Waals surface area (Å²) < 4.78 is 10.8. The molecule has 5 nitrogen and oxygen atoms in total. The topological polar surface area (TPSA) is 64.8 Å². The summed E-state index contributed by atoms with van der Waals surface area (Å²) in [5.41, 5.74) is 6.76. The van der Waals surface area contributed by atoms with Crippen LogP contribution in [0, 0.1) is 5.41 Å². The maximum absolute atomic E-state index is 10.8. The first-order chi connectivity index (χ1) is 11.6. The number of piperidine rings is 1. The lowest BCUT2D eigenvalue weighted by Gasteiger charge is -2.44. The van der Waals surface area contributed by atoms with Gasteiger partial charge in [-0.25, -0.2) is 0 Å². The van der Waals surface area contributed by atoms with E-state index in [1.54, 1.807) is 0 Å². The van der Waals surface area contributed by atoms with Crippen molar-refractivity contribution < 1.29 is 14.3 Å². The Kier molecular flexibility index (Phi) is 5.64. The van der Waals surface area contributed by atoms with E-state index in [0.29, 0.717) is 16.2 Å². The zero-order valence-corrected chi connectivity index (χ0v) is 14.7. The Morgan fingerprint density at radius 2 is 1.96 bits per heavy atom. The van der Waals surface area contributed by atoms with Crippen LogP contribution in [0.2, 0.25) is 5.02 Å². The van der Waals surface area contributed by atoms with E-state index in [2.05, 4.69) is 4.90 Å². The highest BCUT2D eigenvalue weighted by Crippen LogP contribution is 2.40. The van der Waals surface area contributed by atoms with Gasteiger partial charge in [0.25, 0.3) is 5.91 Å². The summed E-state index contributed by atoms with van der Waals surface area (Å²) in [5, 5.41) is 0.520. The van der Waals surface area contributed by atoms with Gasteiger partial charge in [0, 0.05) is 19.8 Å². The standard InChI is InChI=1S/C18H25ClN2O3/c19-15-11-14(1-2-16(15)24-13-17(20)22)12-21-7-3-18(4-8-21)5-9-23-10-6-18/h1-2,11H,3-10,12-13H2,(H2,20,22). The number of rotatable bonds is 5. The zero-order chi connectivity index (χ0) is 17.0. The van der Waals surface area contributed by atoms with E-state index in [1.807, 2.05) is 18.2 Å². The Labute approximate surface area is 148 Å². The number of likely N-dealkylation sites (tertiary alicyclic amines) is 1. The predicted molar refractivity (Wildman–Crippen MR) is 93.1 cm³/mol. The van der Waals surface area contributed by atoms with Crippen molar-refractivity contribution >= 4 is 17.5 Å². The lowest BCUT2D eigenvalue weighted by atomic mass is 9.72. The van der Waals surface area contributed by atoms with Crippen LogP contribution in [0.3, 0.4) is 0 Å². The Morgan fingerprint density at radius 1 is 1.25 bits per heavy atom. The number of ether oxygens (including phenoxy) is 2. The number of hydrogen-bond donors (Lipinski definition) is 1. The number of primary amides is 1. The fraction of sp³-hybridized carbons (Fsp3) is 0.611. The molecule has 3 rings (SSSR count). The maximum atomic E-state index is 10.8. The highest BCUT2D eigenvalue weighted by Gasteiger charge is 2.35. The molecule has 6 heteroatoms. The molecule has 2 N–H and O–H groups in total. The molecule has 0 atom stereocenters. The summed E-state index contributed by atoms with van der Waals surface area (Å²) in [6.07, 6.45) is 4.92. The lowest BCUT2D eigenvalue weighted by molar-refractivity contribution is -0.119. The third-order valence-corrected chi connectivity index (χ3v) is 5.54. The highest BCUT2D eigenvalue weighted by atomic mass is 35.5. The molecule has 0 aromatic heterocycles. The Hall–Kier alpha value is -1.30. The molecule has 0 unspecified atom stereocenters. The SMILES string of the molecule is NC(=O)COc1ccc(CN2CCC3(CCOCC3)CC2)cc1Cl. The van der Waals surface area contributed by atoms with Gasteiger partial charge in [-0.3, -0.25) is 9.69 Å². The third-order valence-electron chi connectivity index (χ3n) is 5.24. The zero-order valence-electron chi connectivity index (χ0n) is 13.9. The molecular weight excluding hydrogens is 328 g/mol. The van der Waals surface area contributed by atoms with Crippen LogP contribution >= 0.6 is 11.6 Å². The van der Waals surface area contributed by atoms with E-state index in [0.717, 1.165) is 38.4 Å². The average Bonchev–Trinajstić information content (AvgIpc) is 2.57. The molecule has 24 heavy (non-hydrogen) atoms. The number of amides is 1. The second-order valence-electron chi connectivity index (χ2n) is 6.91. The van der Waals surface area contributed by atoms with E-state index in [1.165, 1.54) is 25.7 Å². The second-order valence-corrected chi connectivity index (χ2v) is 7.32. The van der Waals surface area contributed by atoms with Gasteiger partial charge in [-0.1, -0.05) is 17.7 Å². The van der Waals surface area contributed by atoms with Crippen LogP contribution in [0.5, 0.6) is 5.75 Å². The number of carbonyl (C=O) groups is 1. The molecular formula is C18H25ClN2O3. The van der Waals surface area contributed by atoms with Crippen LogP contribution in [-0.2, 0) is 16.1 Å². The molecule has 0 bridgehead atoms. The molecule has 2 aliphatic heterocycles. The van der Waals surface area contributed by atoms with Gasteiger partial charge in [-0.2, -0.15) is 0 Å². The van der Waals surface area contributed by atoms with Crippen molar-refractivity contribution in [3.63, 3.8) is 0 Å². The summed E-state index contributed by atoms with van der Waals surface area (Å²) in [5.74, 6) is -0.00970. The van der Waals surface area contributed by atoms with Crippen molar-refractivity contribution in [2.75, 3.05) is 32.9 Å². The van der Waals surface area contributed by atoms with E-state index >= 15 is 0 Å². The minimum absolute atomic E-state index is 0.156. The smallest absolute Gasteiger partial charge is 0.255 e. The molecule has 2 saturated heterocycles. The molecule has 1 aromatic carbocycles. The van der Waals surface area contributed by atoms with Crippen LogP contribution in [0.4, 0.5) is 0 Å². The summed E-state index contributed by atoms with van der Waals surface area (Å²) in [6.45, 7) is 4.82. The van der Waals surface area contributed by atoms with Gasteiger partial charge in [-0.15, -0.1) is 0 Å². The largest absolute Gasteiger partial charge is 0.482 e. The molecule has 0 radical (unpaired) electrons. The number of nitrogens with two attached hydrogens (primary N) is 1. The summed E-state index contributed by atoms with van der Waals surface area (Å²) in [7, 11) is 0. The second kappa shape index (κ2) is 7.72. The number of nitrogens with zero attached hydrogens (tertiary/aromatic N) is 1. The number of benzene rings is 1. The van der Waals surface area contributed by atoms with Crippen LogP contribution in [0.1, 0.15) is 31.2 Å². The number of carbonyl (C=O) groups excluding carboxylic acids is 1. The van der Waals surface area contributed by atoms with Crippen LogP contribution in [-0.4, -0.2) is 43.7 Å². The molecule has 2 heterocycles.